The SMILES string of the molecule is CC(C)(C)OC(=O)n1cc(-c2ccc(Nc3nc(Cl)ncc3C(F)(F)F)cc2)cn1. The van der Waals surface area contributed by atoms with Gasteiger partial charge in [-0.25, -0.2) is 9.78 Å². The number of anilines is 2. The average Bonchev–Trinajstić information content (AvgIpc) is 3.10. The topological polar surface area (TPSA) is 81.9 Å². The fourth-order valence-corrected chi connectivity index (χ4v) is 2.56. The first-order chi connectivity index (χ1) is 13.9. The first-order valence-electron chi connectivity index (χ1n) is 8.67. The van der Waals surface area contributed by atoms with E-state index in [-0.39, 0.29) is 5.28 Å². The third-order valence-electron chi connectivity index (χ3n) is 3.71. The summed E-state index contributed by atoms with van der Waals surface area (Å²) in [6.07, 6.45) is -1.65. The largest absolute Gasteiger partial charge is 0.442 e. The molecule has 30 heavy (non-hydrogen) atoms. The number of aromatic nitrogens is 4. The van der Waals surface area contributed by atoms with Crippen LogP contribution < -0.4 is 5.32 Å². The molecule has 2 heterocycles. The highest BCUT2D eigenvalue weighted by molar-refractivity contribution is 6.28. The molecule has 0 atom stereocenters. The lowest BCUT2D eigenvalue weighted by Gasteiger charge is -2.18. The van der Waals surface area contributed by atoms with E-state index in [0.717, 1.165) is 4.68 Å². The van der Waals surface area contributed by atoms with E-state index in [1.165, 1.54) is 12.4 Å². The maximum atomic E-state index is 13.1. The Kier molecular flexibility index (Phi) is 5.71. The van der Waals surface area contributed by atoms with Crippen molar-refractivity contribution in [3.63, 3.8) is 0 Å². The number of ether oxygens (including phenoxy) is 1. The summed E-state index contributed by atoms with van der Waals surface area (Å²) in [5.74, 6) is -0.451. The molecule has 0 aliphatic carbocycles. The van der Waals surface area contributed by atoms with Gasteiger partial charge in [0.2, 0.25) is 5.28 Å². The van der Waals surface area contributed by atoms with Gasteiger partial charge in [-0.1, -0.05) is 12.1 Å². The van der Waals surface area contributed by atoms with Gasteiger partial charge >= 0.3 is 12.3 Å². The number of hydrogen-bond acceptors (Lipinski definition) is 6. The zero-order chi connectivity index (χ0) is 22.1. The number of carbonyl (C=O) groups is 1. The van der Waals surface area contributed by atoms with Crippen molar-refractivity contribution in [2.24, 2.45) is 0 Å². The molecule has 0 saturated carbocycles. The molecule has 0 aliphatic heterocycles. The van der Waals surface area contributed by atoms with Crippen molar-refractivity contribution in [3.05, 3.63) is 53.7 Å². The van der Waals surface area contributed by atoms with Gasteiger partial charge in [0.15, 0.2) is 0 Å². The zero-order valence-electron chi connectivity index (χ0n) is 16.2. The molecule has 11 heteroatoms. The summed E-state index contributed by atoms with van der Waals surface area (Å²) in [7, 11) is 0. The molecule has 0 fully saturated rings. The number of benzene rings is 1. The summed E-state index contributed by atoms with van der Waals surface area (Å²) in [5, 5.41) is 6.27. The van der Waals surface area contributed by atoms with Gasteiger partial charge in [0.25, 0.3) is 0 Å². The minimum atomic E-state index is -4.64. The van der Waals surface area contributed by atoms with Crippen LogP contribution in [0.2, 0.25) is 5.28 Å². The van der Waals surface area contributed by atoms with Gasteiger partial charge in [0.1, 0.15) is 17.0 Å². The van der Waals surface area contributed by atoms with Crippen LogP contribution in [-0.2, 0) is 10.9 Å². The fraction of sp³-hybridized carbons (Fsp3) is 0.263. The van der Waals surface area contributed by atoms with E-state index in [4.69, 9.17) is 16.3 Å². The van der Waals surface area contributed by atoms with E-state index in [2.05, 4.69) is 20.4 Å². The lowest BCUT2D eigenvalue weighted by Crippen LogP contribution is -2.27. The molecule has 158 valence electrons. The molecule has 3 rings (SSSR count). The molecule has 0 radical (unpaired) electrons. The summed E-state index contributed by atoms with van der Waals surface area (Å²) < 4.78 is 45.7. The Bertz CT molecular complexity index is 1060. The Labute approximate surface area is 174 Å². The molecule has 0 aliphatic rings. The molecule has 2 aromatic heterocycles. The zero-order valence-corrected chi connectivity index (χ0v) is 16.9. The molecular weight excluding hydrogens is 423 g/mol. The Morgan fingerprint density at radius 2 is 1.77 bits per heavy atom. The smallest absolute Gasteiger partial charge is 0.435 e. The maximum absolute atomic E-state index is 13.1. The fourth-order valence-electron chi connectivity index (χ4n) is 2.43. The van der Waals surface area contributed by atoms with E-state index in [0.29, 0.717) is 23.0 Å². The monoisotopic (exact) mass is 439 g/mol. The highest BCUT2D eigenvalue weighted by Gasteiger charge is 2.35. The minimum Gasteiger partial charge on any atom is -0.442 e. The second kappa shape index (κ2) is 7.94. The lowest BCUT2D eigenvalue weighted by atomic mass is 10.1. The number of nitrogens with one attached hydrogen (secondary N) is 1. The van der Waals surface area contributed by atoms with Crippen LogP contribution in [0.25, 0.3) is 11.1 Å². The van der Waals surface area contributed by atoms with Crippen LogP contribution in [0.15, 0.2) is 42.9 Å². The van der Waals surface area contributed by atoms with Gasteiger partial charge < -0.3 is 10.1 Å². The second-order valence-electron chi connectivity index (χ2n) is 7.26. The van der Waals surface area contributed by atoms with Crippen LogP contribution >= 0.6 is 11.6 Å². The third kappa shape index (κ3) is 5.26. The predicted molar refractivity (Wildman–Crippen MR) is 105 cm³/mol. The van der Waals surface area contributed by atoms with Gasteiger partial charge in [0.05, 0.1) is 6.20 Å². The molecular formula is C19H17ClF3N5O2. The van der Waals surface area contributed by atoms with Gasteiger partial charge in [-0.05, 0) is 50.1 Å². The maximum Gasteiger partial charge on any atom is 0.435 e. The molecule has 1 N–H and O–H groups in total. The highest BCUT2D eigenvalue weighted by atomic mass is 35.5. The van der Waals surface area contributed by atoms with Gasteiger partial charge in [0, 0.05) is 23.6 Å². The van der Waals surface area contributed by atoms with Crippen molar-refractivity contribution >= 4 is 29.2 Å². The van der Waals surface area contributed by atoms with Crippen LogP contribution in [0.1, 0.15) is 26.3 Å². The second-order valence-corrected chi connectivity index (χ2v) is 7.59. The van der Waals surface area contributed by atoms with Gasteiger partial charge in [-0.15, -0.1) is 0 Å². The average molecular weight is 440 g/mol. The Morgan fingerprint density at radius 3 is 2.37 bits per heavy atom. The van der Waals surface area contributed by atoms with Crippen molar-refractivity contribution in [2.75, 3.05) is 5.32 Å². The van der Waals surface area contributed by atoms with Crippen LogP contribution in [0.3, 0.4) is 0 Å². The Hall–Kier alpha value is -3.14. The minimum absolute atomic E-state index is 0.309. The number of alkyl halides is 3. The standard InChI is InChI=1S/C19H17ClF3N5O2/c1-18(2,3)30-17(29)28-10-12(8-25-28)11-4-6-13(7-5-11)26-15-14(19(21,22)23)9-24-16(20)27-15/h4-10H,1-3H3,(H,24,26,27). The van der Waals surface area contributed by atoms with Crippen LogP contribution in [-0.4, -0.2) is 31.4 Å². The van der Waals surface area contributed by atoms with Crippen LogP contribution in [0.5, 0.6) is 0 Å². The van der Waals surface area contributed by atoms with Crippen molar-refractivity contribution in [3.8, 4) is 11.1 Å². The molecule has 0 saturated heterocycles. The number of carbonyl (C=O) groups excluding carboxylic acids is 1. The van der Waals surface area contributed by atoms with Crippen LogP contribution in [0.4, 0.5) is 29.5 Å². The quantitative estimate of drug-likeness (QED) is 0.539. The summed E-state index contributed by atoms with van der Waals surface area (Å²) >= 11 is 5.63. The van der Waals surface area contributed by atoms with E-state index < -0.39 is 29.3 Å². The van der Waals surface area contributed by atoms with Crippen molar-refractivity contribution in [1.29, 1.82) is 0 Å². The first kappa shape index (κ1) is 21.6. The van der Waals surface area contributed by atoms with Gasteiger partial charge in [-0.3, -0.25) is 0 Å². The molecule has 1 aromatic carbocycles. The summed E-state index contributed by atoms with van der Waals surface area (Å²) in [4.78, 5) is 19.1. The number of hydrogen-bond donors (Lipinski definition) is 1. The summed E-state index contributed by atoms with van der Waals surface area (Å²) in [6, 6.07) is 6.45. The number of nitrogens with zero attached hydrogens (tertiary/aromatic N) is 4. The molecule has 0 unspecified atom stereocenters. The molecule has 3 aromatic rings. The van der Waals surface area contributed by atoms with E-state index in [1.54, 1.807) is 45.0 Å². The van der Waals surface area contributed by atoms with Crippen LogP contribution in [0, 0.1) is 0 Å². The summed E-state index contributed by atoms with van der Waals surface area (Å²) in [6.45, 7) is 5.24. The van der Waals surface area contributed by atoms with Crippen molar-refractivity contribution < 1.29 is 22.7 Å². The summed E-state index contributed by atoms with van der Waals surface area (Å²) in [5.41, 5.74) is 0.00382. The number of rotatable bonds is 3. The highest BCUT2D eigenvalue weighted by Crippen LogP contribution is 2.35. The first-order valence-corrected chi connectivity index (χ1v) is 9.05. The van der Waals surface area contributed by atoms with E-state index in [1.807, 2.05) is 0 Å². The molecule has 0 amide bonds. The van der Waals surface area contributed by atoms with Crippen molar-refractivity contribution in [2.45, 2.75) is 32.5 Å². The Balaban J connectivity index is 1.79. The molecule has 0 bridgehead atoms. The Morgan fingerprint density at radius 1 is 1.10 bits per heavy atom. The molecule has 0 spiro atoms. The third-order valence-corrected chi connectivity index (χ3v) is 3.89. The van der Waals surface area contributed by atoms with Crippen molar-refractivity contribution in [1.82, 2.24) is 19.7 Å². The number of halogens is 4. The van der Waals surface area contributed by atoms with Gasteiger partial charge in [-0.2, -0.15) is 27.9 Å². The predicted octanol–water partition coefficient (Wildman–Crippen LogP) is 5.54. The van der Waals surface area contributed by atoms with E-state index >= 15 is 0 Å². The van der Waals surface area contributed by atoms with E-state index in [9.17, 15) is 18.0 Å². The lowest BCUT2D eigenvalue weighted by molar-refractivity contribution is -0.137. The molecule has 7 nitrogen and oxygen atoms in total. The normalized spacial score (nSPS) is 12.0.